The van der Waals surface area contributed by atoms with Crippen LogP contribution in [0.5, 0.6) is 0 Å². The standard InChI is InChI=1S/C19H35NO4/c1-18(2)12-14(13-19(3,4)20(18)5)15(17(23)24)10-8-6-7-9-11-16(21)22/h14-15H,6-13H2,1-5H3,(H,21,22)(H,23,24). The van der Waals surface area contributed by atoms with E-state index in [0.717, 1.165) is 32.1 Å². The molecule has 2 N–H and O–H groups in total. The second-order valence-electron chi connectivity index (χ2n) is 8.64. The summed E-state index contributed by atoms with van der Waals surface area (Å²) in [6, 6.07) is 0. The van der Waals surface area contributed by atoms with E-state index in [1.54, 1.807) is 0 Å². The third-order valence-electron chi connectivity index (χ3n) is 5.88. The SMILES string of the molecule is CN1C(C)(C)CC(C(CCCCCCC(=O)O)C(=O)O)CC1(C)C. The predicted octanol–water partition coefficient (Wildman–Crippen LogP) is 4.01. The Labute approximate surface area is 146 Å². The largest absolute Gasteiger partial charge is 0.481 e. The summed E-state index contributed by atoms with van der Waals surface area (Å²) in [6.45, 7) is 8.80. The topological polar surface area (TPSA) is 77.8 Å². The minimum absolute atomic E-state index is 0.00159. The first-order valence-corrected chi connectivity index (χ1v) is 9.16. The van der Waals surface area contributed by atoms with Crippen molar-refractivity contribution < 1.29 is 19.8 Å². The Morgan fingerprint density at radius 2 is 1.50 bits per heavy atom. The summed E-state index contributed by atoms with van der Waals surface area (Å²) >= 11 is 0. The van der Waals surface area contributed by atoms with Crippen molar-refractivity contribution >= 4 is 11.9 Å². The van der Waals surface area contributed by atoms with E-state index in [2.05, 4.69) is 39.6 Å². The van der Waals surface area contributed by atoms with Crippen LogP contribution in [0.2, 0.25) is 0 Å². The molecular weight excluding hydrogens is 306 g/mol. The van der Waals surface area contributed by atoms with E-state index in [-0.39, 0.29) is 29.3 Å². The van der Waals surface area contributed by atoms with Gasteiger partial charge in [0.05, 0.1) is 5.92 Å². The highest BCUT2D eigenvalue weighted by Crippen LogP contribution is 2.44. The van der Waals surface area contributed by atoms with E-state index >= 15 is 0 Å². The Kier molecular flexibility index (Phi) is 7.26. The molecule has 0 aromatic heterocycles. The summed E-state index contributed by atoms with van der Waals surface area (Å²) in [7, 11) is 2.13. The molecule has 1 unspecified atom stereocenters. The number of unbranched alkanes of at least 4 members (excludes halogenated alkanes) is 3. The van der Waals surface area contributed by atoms with E-state index in [4.69, 9.17) is 5.11 Å². The van der Waals surface area contributed by atoms with Crippen LogP contribution in [0.25, 0.3) is 0 Å². The molecule has 5 heteroatoms. The van der Waals surface area contributed by atoms with Crippen molar-refractivity contribution in [3.05, 3.63) is 0 Å². The van der Waals surface area contributed by atoms with Crippen LogP contribution in [0.4, 0.5) is 0 Å². The second kappa shape index (κ2) is 8.32. The maximum absolute atomic E-state index is 11.8. The van der Waals surface area contributed by atoms with Crippen LogP contribution in [-0.2, 0) is 9.59 Å². The van der Waals surface area contributed by atoms with Gasteiger partial charge in [0.25, 0.3) is 0 Å². The molecule has 0 aliphatic carbocycles. The lowest BCUT2D eigenvalue weighted by Gasteiger charge is -2.54. The van der Waals surface area contributed by atoms with Crippen LogP contribution in [0.3, 0.4) is 0 Å². The average molecular weight is 341 g/mol. The minimum atomic E-state index is -0.755. The van der Waals surface area contributed by atoms with Gasteiger partial charge in [0.15, 0.2) is 0 Å². The first kappa shape index (κ1) is 20.9. The lowest BCUT2D eigenvalue weighted by Crippen LogP contribution is -2.59. The van der Waals surface area contributed by atoms with E-state index in [9.17, 15) is 14.7 Å². The van der Waals surface area contributed by atoms with E-state index in [1.165, 1.54) is 0 Å². The molecule has 0 aromatic rings. The Balaban J connectivity index is 2.59. The molecule has 5 nitrogen and oxygen atoms in total. The minimum Gasteiger partial charge on any atom is -0.481 e. The monoisotopic (exact) mass is 341 g/mol. The number of hydrogen-bond acceptors (Lipinski definition) is 3. The molecular formula is C19H35NO4. The molecule has 1 atom stereocenters. The lowest BCUT2D eigenvalue weighted by molar-refractivity contribution is -0.147. The molecule has 0 saturated carbocycles. The van der Waals surface area contributed by atoms with Gasteiger partial charge in [0.1, 0.15) is 0 Å². The quantitative estimate of drug-likeness (QED) is 0.620. The Morgan fingerprint density at radius 3 is 1.96 bits per heavy atom. The zero-order valence-corrected chi connectivity index (χ0v) is 16.0. The van der Waals surface area contributed by atoms with E-state index < -0.39 is 11.9 Å². The maximum Gasteiger partial charge on any atom is 0.306 e. The number of likely N-dealkylation sites (tertiary alicyclic amines) is 1. The van der Waals surface area contributed by atoms with Gasteiger partial charge < -0.3 is 10.2 Å². The fourth-order valence-corrected chi connectivity index (χ4v) is 4.29. The van der Waals surface area contributed by atoms with Gasteiger partial charge in [-0.15, -0.1) is 0 Å². The second-order valence-corrected chi connectivity index (χ2v) is 8.64. The smallest absolute Gasteiger partial charge is 0.306 e. The van der Waals surface area contributed by atoms with Crippen LogP contribution in [-0.4, -0.2) is 45.2 Å². The van der Waals surface area contributed by atoms with Crippen molar-refractivity contribution in [1.82, 2.24) is 4.90 Å². The van der Waals surface area contributed by atoms with Gasteiger partial charge >= 0.3 is 11.9 Å². The Hall–Kier alpha value is -1.10. The summed E-state index contributed by atoms with van der Waals surface area (Å²) in [6.07, 6.45) is 6.04. The van der Waals surface area contributed by atoms with Crippen LogP contribution >= 0.6 is 0 Å². The highest BCUT2D eigenvalue weighted by molar-refractivity contribution is 5.70. The van der Waals surface area contributed by atoms with Crippen molar-refractivity contribution in [1.29, 1.82) is 0 Å². The summed E-state index contributed by atoms with van der Waals surface area (Å²) in [5, 5.41) is 18.4. The third-order valence-corrected chi connectivity index (χ3v) is 5.88. The van der Waals surface area contributed by atoms with Crippen LogP contribution in [0, 0.1) is 11.8 Å². The number of carboxylic acids is 2. The van der Waals surface area contributed by atoms with Gasteiger partial charge in [-0.1, -0.05) is 19.3 Å². The van der Waals surface area contributed by atoms with Crippen molar-refractivity contribution in [2.45, 2.75) is 90.1 Å². The van der Waals surface area contributed by atoms with Crippen LogP contribution in [0.15, 0.2) is 0 Å². The molecule has 140 valence electrons. The molecule has 1 aliphatic rings. The number of hydrogen-bond donors (Lipinski definition) is 2. The van der Waals surface area contributed by atoms with Gasteiger partial charge in [0.2, 0.25) is 0 Å². The number of aliphatic carboxylic acids is 2. The van der Waals surface area contributed by atoms with Gasteiger partial charge in [-0.2, -0.15) is 0 Å². The summed E-state index contributed by atoms with van der Waals surface area (Å²) in [4.78, 5) is 24.7. The van der Waals surface area contributed by atoms with Crippen LogP contribution < -0.4 is 0 Å². The summed E-state index contributed by atoms with van der Waals surface area (Å²) in [5.74, 6) is -1.53. The molecule has 1 heterocycles. The molecule has 1 aliphatic heterocycles. The fourth-order valence-electron chi connectivity index (χ4n) is 4.29. The van der Waals surface area contributed by atoms with Gasteiger partial charge in [0, 0.05) is 17.5 Å². The normalized spacial score (nSPS) is 22.2. The lowest BCUT2D eigenvalue weighted by atomic mass is 9.68. The number of rotatable bonds is 9. The van der Waals surface area contributed by atoms with Gasteiger partial charge in [-0.25, -0.2) is 0 Å². The number of nitrogens with zero attached hydrogens (tertiary/aromatic N) is 1. The first-order valence-electron chi connectivity index (χ1n) is 9.16. The molecule has 1 saturated heterocycles. The zero-order valence-electron chi connectivity index (χ0n) is 16.0. The number of carboxylic acid groups (broad SMARTS) is 2. The molecule has 0 bridgehead atoms. The predicted molar refractivity (Wildman–Crippen MR) is 95.1 cm³/mol. The van der Waals surface area contributed by atoms with Crippen molar-refractivity contribution in [3.63, 3.8) is 0 Å². The molecule has 0 spiro atoms. The molecule has 1 fully saturated rings. The highest BCUT2D eigenvalue weighted by Gasteiger charge is 2.46. The molecule has 1 rings (SSSR count). The van der Waals surface area contributed by atoms with Gasteiger partial charge in [-0.3, -0.25) is 14.5 Å². The maximum atomic E-state index is 11.8. The third kappa shape index (κ3) is 5.76. The Morgan fingerprint density at radius 1 is 1.00 bits per heavy atom. The van der Waals surface area contributed by atoms with E-state index in [1.807, 2.05) is 0 Å². The number of carbonyl (C=O) groups is 2. The summed E-state index contributed by atoms with van der Waals surface area (Å²) < 4.78 is 0. The Bertz CT molecular complexity index is 427. The van der Waals surface area contributed by atoms with Crippen molar-refractivity contribution in [2.24, 2.45) is 11.8 Å². The molecule has 0 aromatic carbocycles. The van der Waals surface area contributed by atoms with Crippen molar-refractivity contribution in [3.8, 4) is 0 Å². The van der Waals surface area contributed by atoms with Gasteiger partial charge in [-0.05, 0) is 66.3 Å². The summed E-state index contributed by atoms with van der Waals surface area (Å²) in [5.41, 5.74) is 0.00318. The number of piperidine rings is 1. The van der Waals surface area contributed by atoms with Crippen molar-refractivity contribution in [2.75, 3.05) is 7.05 Å². The molecule has 0 radical (unpaired) electrons. The van der Waals surface area contributed by atoms with Crippen LogP contribution in [0.1, 0.15) is 79.1 Å². The average Bonchev–Trinajstić information content (AvgIpc) is 2.42. The molecule has 24 heavy (non-hydrogen) atoms. The first-order chi connectivity index (χ1) is 11.0. The molecule has 0 amide bonds. The fraction of sp³-hybridized carbons (Fsp3) is 0.895. The highest BCUT2D eigenvalue weighted by atomic mass is 16.4. The zero-order chi connectivity index (χ0) is 18.5. The van der Waals surface area contributed by atoms with E-state index in [0.29, 0.717) is 12.8 Å².